The molecule has 1 unspecified atom stereocenters. The molecule has 0 heterocycles. The lowest BCUT2D eigenvalue weighted by Gasteiger charge is -2.15. The van der Waals surface area contributed by atoms with E-state index in [-0.39, 0.29) is 12.5 Å². The third kappa shape index (κ3) is 5.73. The second-order valence-electron chi connectivity index (χ2n) is 6.75. The zero-order valence-corrected chi connectivity index (χ0v) is 16.0. The van der Waals surface area contributed by atoms with Gasteiger partial charge in [-0.1, -0.05) is 70.2 Å². The van der Waals surface area contributed by atoms with Crippen LogP contribution in [-0.2, 0) is 4.79 Å². The Kier molecular flexibility index (Phi) is 7.39. The van der Waals surface area contributed by atoms with Gasteiger partial charge in [0, 0.05) is 0 Å². The monoisotopic (exact) mass is 352 g/mol. The van der Waals surface area contributed by atoms with Gasteiger partial charge in [-0.05, 0) is 41.0 Å². The number of benzene rings is 2. The Hall–Kier alpha value is -2.62. The lowest BCUT2D eigenvalue weighted by atomic mass is 9.98. The van der Waals surface area contributed by atoms with Gasteiger partial charge in [-0.3, -0.25) is 4.79 Å². The van der Waals surface area contributed by atoms with Crippen LogP contribution in [0.25, 0.3) is 0 Å². The number of amides is 1. The molecule has 4 nitrogen and oxygen atoms in total. The number of carbonyl (C=O) groups is 1. The lowest BCUT2D eigenvalue weighted by molar-refractivity contribution is -0.123. The smallest absolute Gasteiger partial charge is 0.277 e. The molecule has 0 saturated carbocycles. The summed E-state index contributed by atoms with van der Waals surface area (Å²) in [7, 11) is 0. The number of ether oxygens (including phenoxy) is 1. The maximum Gasteiger partial charge on any atom is 0.277 e. The fourth-order valence-electron chi connectivity index (χ4n) is 2.56. The van der Waals surface area contributed by atoms with Crippen LogP contribution >= 0.6 is 0 Å². The summed E-state index contributed by atoms with van der Waals surface area (Å²) >= 11 is 0. The molecule has 0 aliphatic rings. The first-order valence-corrected chi connectivity index (χ1v) is 9.14. The maximum absolute atomic E-state index is 12.0. The summed E-state index contributed by atoms with van der Waals surface area (Å²) in [6.07, 6.45) is 2.65. The molecule has 2 aromatic carbocycles. The van der Waals surface area contributed by atoms with E-state index in [1.807, 2.05) is 36.4 Å². The number of nitrogens with zero attached hydrogens (tertiary/aromatic N) is 1. The van der Waals surface area contributed by atoms with Crippen molar-refractivity contribution >= 4 is 12.1 Å². The van der Waals surface area contributed by atoms with Crippen LogP contribution in [0.15, 0.2) is 53.6 Å². The zero-order chi connectivity index (χ0) is 18.9. The van der Waals surface area contributed by atoms with Gasteiger partial charge in [-0.25, -0.2) is 5.43 Å². The molecule has 2 rings (SSSR count). The van der Waals surface area contributed by atoms with E-state index in [2.05, 4.69) is 50.4 Å². The molecule has 0 fully saturated rings. The number of carbonyl (C=O) groups excluding carboxylic acids is 1. The number of hydrazone groups is 1. The van der Waals surface area contributed by atoms with E-state index in [1.54, 1.807) is 6.21 Å². The molecule has 0 spiro atoms. The third-order valence-corrected chi connectivity index (χ3v) is 4.43. The van der Waals surface area contributed by atoms with Crippen molar-refractivity contribution in [1.29, 1.82) is 0 Å². The van der Waals surface area contributed by atoms with Crippen molar-refractivity contribution in [1.82, 2.24) is 5.43 Å². The van der Waals surface area contributed by atoms with Crippen molar-refractivity contribution in [3.05, 3.63) is 65.2 Å². The van der Waals surface area contributed by atoms with Crippen LogP contribution in [0.2, 0.25) is 0 Å². The molecular weight excluding hydrogens is 324 g/mol. The summed E-state index contributed by atoms with van der Waals surface area (Å²) in [4.78, 5) is 12.0. The first-order valence-electron chi connectivity index (χ1n) is 9.14. The average Bonchev–Trinajstić information content (AvgIpc) is 2.66. The van der Waals surface area contributed by atoms with Crippen LogP contribution in [0.5, 0.6) is 5.75 Å². The molecule has 26 heavy (non-hydrogen) atoms. The summed E-state index contributed by atoms with van der Waals surface area (Å²) in [5, 5.41) is 4.00. The van der Waals surface area contributed by atoms with Crippen molar-refractivity contribution in [2.24, 2.45) is 5.10 Å². The van der Waals surface area contributed by atoms with Gasteiger partial charge in [-0.15, -0.1) is 0 Å². The fourth-order valence-corrected chi connectivity index (χ4v) is 2.56. The highest BCUT2D eigenvalue weighted by molar-refractivity contribution is 5.83. The molecule has 0 saturated heterocycles. The zero-order valence-electron chi connectivity index (χ0n) is 16.0. The Labute approximate surface area is 156 Å². The highest BCUT2D eigenvalue weighted by Gasteiger charge is 2.10. The number of para-hydroxylation sites is 1. The quantitative estimate of drug-likeness (QED) is 0.545. The van der Waals surface area contributed by atoms with Crippen molar-refractivity contribution in [3.8, 4) is 5.75 Å². The van der Waals surface area contributed by atoms with E-state index in [0.717, 1.165) is 23.3 Å². The molecule has 1 amide bonds. The Bertz CT molecular complexity index is 736. The normalized spacial score (nSPS) is 12.3. The summed E-state index contributed by atoms with van der Waals surface area (Å²) in [5.41, 5.74) is 5.85. The minimum Gasteiger partial charge on any atom is -0.483 e. The Morgan fingerprint density at radius 1 is 1.12 bits per heavy atom. The van der Waals surface area contributed by atoms with Crippen LogP contribution in [0.4, 0.5) is 0 Å². The molecule has 0 aliphatic carbocycles. The standard InChI is InChI=1S/C22H28N2O2/c1-5-17(4)20-8-6-7-9-21(20)26-15-22(25)24-23-14-18-10-12-19(13-11-18)16(2)3/h6-14,16-17H,5,15H2,1-4H3,(H,24,25)/b23-14+. The third-order valence-electron chi connectivity index (χ3n) is 4.43. The minimum atomic E-state index is -0.279. The Morgan fingerprint density at radius 3 is 2.46 bits per heavy atom. The number of hydrogen-bond donors (Lipinski definition) is 1. The topological polar surface area (TPSA) is 50.7 Å². The molecule has 0 aliphatic heterocycles. The SMILES string of the molecule is CCC(C)c1ccccc1OCC(=O)N/N=C/c1ccc(C(C)C)cc1. The van der Waals surface area contributed by atoms with Crippen LogP contribution in [0.3, 0.4) is 0 Å². The van der Waals surface area contributed by atoms with Crippen molar-refractivity contribution in [3.63, 3.8) is 0 Å². The van der Waals surface area contributed by atoms with Crippen LogP contribution in [0.1, 0.15) is 62.6 Å². The van der Waals surface area contributed by atoms with Crippen LogP contribution in [-0.4, -0.2) is 18.7 Å². The summed E-state index contributed by atoms with van der Waals surface area (Å²) in [5.74, 6) is 1.36. The van der Waals surface area contributed by atoms with Gasteiger partial charge < -0.3 is 4.74 Å². The Balaban J connectivity index is 1.86. The minimum absolute atomic E-state index is 0.0585. The van der Waals surface area contributed by atoms with E-state index in [9.17, 15) is 4.79 Å². The largest absolute Gasteiger partial charge is 0.483 e. The molecule has 2 aromatic rings. The summed E-state index contributed by atoms with van der Waals surface area (Å²) in [6, 6.07) is 16.0. The molecule has 1 atom stereocenters. The number of hydrogen-bond acceptors (Lipinski definition) is 3. The summed E-state index contributed by atoms with van der Waals surface area (Å²) < 4.78 is 5.68. The average molecular weight is 352 g/mol. The van der Waals surface area contributed by atoms with Crippen molar-refractivity contribution in [2.45, 2.75) is 46.0 Å². The first kappa shape index (κ1) is 19.7. The van der Waals surface area contributed by atoms with E-state index in [0.29, 0.717) is 11.8 Å². The van der Waals surface area contributed by atoms with Gasteiger partial charge >= 0.3 is 0 Å². The molecule has 138 valence electrons. The van der Waals surface area contributed by atoms with Gasteiger partial charge in [0.25, 0.3) is 5.91 Å². The second kappa shape index (κ2) is 9.76. The number of nitrogens with one attached hydrogen (secondary N) is 1. The lowest BCUT2D eigenvalue weighted by Crippen LogP contribution is -2.25. The molecule has 4 heteroatoms. The highest BCUT2D eigenvalue weighted by atomic mass is 16.5. The molecule has 0 bridgehead atoms. The van der Waals surface area contributed by atoms with Gasteiger partial charge in [0.1, 0.15) is 5.75 Å². The van der Waals surface area contributed by atoms with Gasteiger partial charge in [0.2, 0.25) is 0 Å². The van der Waals surface area contributed by atoms with Crippen LogP contribution < -0.4 is 10.2 Å². The highest BCUT2D eigenvalue weighted by Crippen LogP contribution is 2.28. The molecule has 1 N–H and O–H groups in total. The van der Waals surface area contributed by atoms with E-state index >= 15 is 0 Å². The molecule has 0 aromatic heterocycles. The van der Waals surface area contributed by atoms with Gasteiger partial charge in [-0.2, -0.15) is 5.10 Å². The number of rotatable bonds is 8. The van der Waals surface area contributed by atoms with Gasteiger partial charge in [0.15, 0.2) is 6.61 Å². The Morgan fingerprint density at radius 2 is 1.81 bits per heavy atom. The van der Waals surface area contributed by atoms with Gasteiger partial charge in [0.05, 0.1) is 6.21 Å². The summed E-state index contributed by atoms with van der Waals surface area (Å²) in [6.45, 7) is 8.54. The van der Waals surface area contributed by atoms with E-state index in [1.165, 1.54) is 5.56 Å². The predicted molar refractivity (Wildman–Crippen MR) is 107 cm³/mol. The van der Waals surface area contributed by atoms with E-state index < -0.39 is 0 Å². The second-order valence-corrected chi connectivity index (χ2v) is 6.75. The fraction of sp³-hybridized carbons (Fsp3) is 0.364. The first-order chi connectivity index (χ1) is 12.5. The van der Waals surface area contributed by atoms with E-state index in [4.69, 9.17) is 4.74 Å². The maximum atomic E-state index is 12.0. The van der Waals surface area contributed by atoms with Crippen molar-refractivity contribution in [2.75, 3.05) is 6.61 Å². The van der Waals surface area contributed by atoms with Crippen LogP contribution in [0, 0.1) is 0 Å². The molecule has 0 radical (unpaired) electrons. The van der Waals surface area contributed by atoms with Crippen molar-refractivity contribution < 1.29 is 9.53 Å². The predicted octanol–water partition coefficient (Wildman–Crippen LogP) is 4.85. The molecular formula is C22H28N2O2.